The first kappa shape index (κ1) is 14.3. The Morgan fingerprint density at radius 2 is 1.67 bits per heavy atom. The van der Waals surface area contributed by atoms with Crippen LogP contribution in [0, 0.1) is 0 Å². The molecular weight excluding hydrogens is 298 g/mol. The molecule has 4 aromatic rings. The van der Waals surface area contributed by atoms with E-state index in [2.05, 4.69) is 57.7 Å². The second kappa shape index (κ2) is 5.70. The van der Waals surface area contributed by atoms with E-state index in [1.807, 2.05) is 18.2 Å². The Hall–Kier alpha value is -3.34. The fraction of sp³-hybridized carbons (Fsp3) is 0.0526. The number of aromatic nitrogens is 2. The van der Waals surface area contributed by atoms with Crippen molar-refractivity contribution in [3.63, 3.8) is 0 Å². The van der Waals surface area contributed by atoms with Crippen molar-refractivity contribution >= 4 is 39.1 Å². The minimum absolute atomic E-state index is 0.192. The zero-order valence-corrected chi connectivity index (χ0v) is 13.0. The molecule has 0 fully saturated rings. The van der Waals surface area contributed by atoms with E-state index in [0.29, 0.717) is 5.82 Å². The Labute approximate surface area is 139 Å². The molecule has 118 valence electrons. The normalized spacial score (nSPS) is 11.0. The van der Waals surface area contributed by atoms with Gasteiger partial charge >= 0.3 is 0 Å². The predicted octanol–water partition coefficient (Wildman–Crippen LogP) is 3.56. The lowest BCUT2D eigenvalue weighted by Gasteiger charge is -2.09. The van der Waals surface area contributed by atoms with Crippen LogP contribution in [0.25, 0.3) is 21.7 Å². The van der Waals surface area contributed by atoms with E-state index in [1.165, 1.54) is 16.3 Å². The number of nitrogens with two attached hydrogens (primary N) is 2. The molecule has 3 aromatic carbocycles. The first-order valence-corrected chi connectivity index (χ1v) is 7.73. The lowest BCUT2D eigenvalue weighted by atomic mass is 10.1. The van der Waals surface area contributed by atoms with Crippen molar-refractivity contribution in [2.75, 3.05) is 16.8 Å². The van der Waals surface area contributed by atoms with Gasteiger partial charge in [0.15, 0.2) is 0 Å². The third-order valence-electron chi connectivity index (χ3n) is 4.05. The number of fused-ring (bicyclic) bond motifs is 2. The molecule has 0 saturated carbocycles. The Kier molecular flexibility index (Phi) is 3.39. The first-order valence-electron chi connectivity index (χ1n) is 7.73. The number of nitrogens with one attached hydrogen (secondary N) is 1. The van der Waals surface area contributed by atoms with Gasteiger partial charge in [-0.2, -0.15) is 4.98 Å². The molecule has 24 heavy (non-hydrogen) atoms. The molecule has 0 radical (unpaired) electrons. The molecule has 0 unspecified atom stereocenters. The summed E-state index contributed by atoms with van der Waals surface area (Å²) < 4.78 is 0. The molecule has 0 bridgehead atoms. The van der Waals surface area contributed by atoms with Crippen LogP contribution in [-0.2, 0) is 6.54 Å². The first-order chi connectivity index (χ1) is 11.7. The summed E-state index contributed by atoms with van der Waals surface area (Å²) in [4.78, 5) is 8.20. The van der Waals surface area contributed by atoms with Crippen LogP contribution in [0.2, 0.25) is 0 Å². The summed E-state index contributed by atoms with van der Waals surface area (Å²) in [6.45, 7) is 0.728. The van der Waals surface area contributed by atoms with Gasteiger partial charge in [-0.3, -0.25) is 0 Å². The summed E-state index contributed by atoms with van der Waals surface area (Å²) in [5, 5.41) is 6.70. The minimum atomic E-state index is 0.192. The highest BCUT2D eigenvalue weighted by atomic mass is 15.0. The van der Waals surface area contributed by atoms with Gasteiger partial charge in [0.25, 0.3) is 0 Å². The standard InChI is InChI=1S/C19H17N5/c20-18-16-10-15(7-8-17(16)23-19(21)24-18)22-11-12-5-6-13-3-1-2-4-14(13)9-12/h1-10,22H,11H2,(H4,20,21,23,24). The summed E-state index contributed by atoms with van der Waals surface area (Å²) in [7, 11) is 0. The molecule has 0 amide bonds. The van der Waals surface area contributed by atoms with Crippen molar-refractivity contribution in [1.82, 2.24) is 9.97 Å². The van der Waals surface area contributed by atoms with Crippen LogP contribution in [0.5, 0.6) is 0 Å². The number of nitrogens with zero attached hydrogens (tertiary/aromatic N) is 2. The lowest BCUT2D eigenvalue weighted by Crippen LogP contribution is -2.02. The molecule has 0 saturated heterocycles. The number of benzene rings is 3. The van der Waals surface area contributed by atoms with Gasteiger partial charge in [0.2, 0.25) is 5.95 Å². The maximum absolute atomic E-state index is 5.94. The maximum atomic E-state index is 5.94. The Morgan fingerprint density at radius 3 is 2.54 bits per heavy atom. The molecule has 5 heteroatoms. The highest BCUT2D eigenvalue weighted by Crippen LogP contribution is 2.23. The monoisotopic (exact) mass is 315 g/mol. The zero-order valence-electron chi connectivity index (χ0n) is 13.0. The topological polar surface area (TPSA) is 89.8 Å². The Bertz CT molecular complexity index is 1040. The van der Waals surface area contributed by atoms with Crippen LogP contribution in [0.1, 0.15) is 5.56 Å². The third-order valence-corrected chi connectivity index (χ3v) is 4.05. The summed E-state index contributed by atoms with van der Waals surface area (Å²) >= 11 is 0. The van der Waals surface area contributed by atoms with Crippen molar-refractivity contribution < 1.29 is 0 Å². The quantitative estimate of drug-likeness (QED) is 0.538. The largest absolute Gasteiger partial charge is 0.383 e. The van der Waals surface area contributed by atoms with Gasteiger partial charge in [0, 0.05) is 17.6 Å². The molecule has 4 rings (SSSR count). The molecule has 5 nitrogen and oxygen atoms in total. The Balaban J connectivity index is 1.59. The van der Waals surface area contributed by atoms with Crippen LogP contribution in [0.4, 0.5) is 17.5 Å². The third kappa shape index (κ3) is 2.67. The van der Waals surface area contributed by atoms with E-state index in [0.717, 1.165) is 23.1 Å². The van der Waals surface area contributed by atoms with Gasteiger partial charge in [-0.05, 0) is 40.6 Å². The average Bonchev–Trinajstić information content (AvgIpc) is 2.60. The highest BCUT2D eigenvalue weighted by Gasteiger charge is 2.04. The van der Waals surface area contributed by atoms with E-state index in [1.54, 1.807) is 0 Å². The number of rotatable bonds is 3. The summed E-state index contributed by atoms with van der Waals surface area (Å²) in [6.07, 6.45) is 0. The minimum Gasteiger partial charge on any atom is -0.383 e. The van der Waals surface area contributed by atoms with Crippen LogP contribution >= 0.6 is 0 Å². The van der Waals surface area contributed by atoms with Crippen molar-refractivity contribution in [1.29, 1.82) is 0 Å². The van der Waals surface area contributed by atoms with Gasteiger partial charge in [-0.15, -0.1) is 0 Å². The average molecular weight is 315 g/mol. The predicted molar refractivity (Wildman–Crippen MR) is 99.6 cm³/mol. The molecule has 0 aliphatic heterocycles. The molecule has 1 heterocycles. The second-order valence-electron chi connectivity index (χ2n) is 5.73. The number of hydrogen-bond acceptors (Lipinski definition) is 5. The van der Waals surface area contributed by atoms with Gasteiger partial charge < -0.3 is 16.8 Å². The van der Waals surface area contributed by atoms with E-state index in [4.69, 9.17) is 11.5 Å². The lowest BCUT2D eigenvalue weighted by molar-refractivity contribution is 1.16. The van der Waals surface area contributed by atoms with Crippen LogP contribution < -0.4 is 16.8 Å². The molecule has 0 aliphatic rings. The fourth-order valence-electron chi connectivity index (χ4n) is 2.83. The molecule has 0 atom stereocenters. The van der Waals surface area contributed by atoms with Crippen molar-refractivity contribution in [2.45, 2.75) is 6.54 Å². The highest BCUT2D eigenvalue weighted by molar-refractivity contribution is 5.91. The number of hydrogen-bond donors (Lipinski definition) is 3. The molecule has 1 aromatic heterocycles. The molecule has 0 aliphatic carbocycles. The van der Waals surface area contributed by atoms with Crippen molar-refractivity contribution in [3.05, 3.63) is 66.2 Å². The summed E-state index contributed by atoms with van der Waals surface area (Å²) in [6, 6.07) is 20.6. The van der Waals surface area contributed by atoms with E-state index >= 15 is 0 Å². The molecule has 5 N–H and O–H groups in total. The molecule has 0 spiro atoms. The van der Waals surface area contributed by atoms with Gasteiger partial charge in [-0.1, -0.05) is 36.4 Å². The van der Waals surface area contributed by atoms with Crippen molar-refractivity contribution in [2.24, 2.45) is 0 Å². The van der Waals surface area contributed by atoms with E-state index in [-0.39, 0.29) is 5.95 Å². The van der Waals surface area contributed by atoms with Crippen molar-refractivity contribution in [3.8, 4) is 0 Å². The fourth-order valence-corrected chi connectivity index (χ4v) is 2.83. The number of nitrogen functional groups attached to an aromatic ring is 2. The summed E-state index contributed by atoms with van der Waals surface area (Å²) in [5.41, 5.74) is 14.5. The van der Waals surface area contributed by atoms with Gasteiger partial charge in [0.1, 0.15) is 5.82 Å². The summed E-state index contributed by atoms with van der Waals surface area (Å²) in [5.74, 6) is 0.587. The SMILES string of the molecule is Nc1nc(N)c2cc(NCc3ccc4ccccc4c3)ccc2n1. The smallest absolute Gasteiger partial charge is 0.222 e. The van der Waals surface area contributed by atoms with Crippen LogP contribution in [0.3, 0.4) is 0 Å². The van der Waals surface area contributed by atoms with Crippen LogP contribution in [0.15, 0.2) is 60.7 Å². The second-order valence-corrected chi connectivity index (χ2v) is 5.73. The van der Waals surface area contributed by atoms with E-state index in [9.17, 15) is 0 Å². The Morgan fingerprint density at radius 1 is 0.833 bits per heavy atom. The zero-order chi connectivity index (χ0) is 16.5. The van der Waals surface area contributed by atoms with Gasteiger partial charge in [-0.25, -0.2) is 4.98 Å². The van der Waals surface area contributed by atoms with Crippen LogP contribution in [-0.4, -0.2) is 9.97 Å². The van der Waals surface area contributed by atoms with Gasteiger partial charge in [0.05, 0.1) is 5.52 Å². The van der Waals surface area contributed by atoms with E-state index < -0.39 is 0 Å². The number of anilines is 3. The molecular formula is C19H17N5. The maximum Gasteiger partial charge on any atom is 0.222 e.